The number of ether oxygens (including phenoxy) is 1. The SMILES string of the molecule is CCCCCCCCCC(Br)C(Br)CCCCCC1(C(=O)O)CO1. The minimum atomic E-state index is -0.830. The molecule has 0 bridgehead atoms. The predicted octanol–water partition coefficient (Wildman–Crippen LogP) is 6.46. The Kier molecular flexibility index (Phi) is 11.9. The topological polar surface area (TPSA) is 49.8 Å². The van der Waals surface area contributed by atoms with Gasteiger partial charge >= 0.3 is 5.97 Å². The molecule has 0 saturated carbocycles. The van der Waals surface area contributed by atoms with Gasteiger partial charge in [0.25, 0.3) is 0 Å². The van der Waals surface area contributed by atoms with Crippen LogP contribution < -0.4 is 0 Å². The van der Waals surface area contributed by atoms with E-state index in [-0.39, 0.29) is 0 Å². The first kappa shape index (κ1) is 22.4. The number of epoxide rings is 1. The summed E-state index contributed by atoms with van der Waals surface area (Å²) >= 11 is 7.63. The van der Waals surface area contributed by atoms with E-state index in [0.717, 1.165) is 25.7 Å². The number of halogens is 2. The summed E-state index contributed by atoms with van der Waals surface area (Å²) in [5.41, 5.74) is -0.830. The van der Waals surface area contributed by atoms with E-state index in [0.29, 0.717) is 22.7 Å². The second kappa shape index (κ2) is 12.7. The fourth-order valence-electron chi connectivity index (χ4n) is 3.05. The Hall–Kier alpha value is 0.390. The summed E-state index contributed by atoms with van der Waals surface area (Å²) in [7, 11) is 0. The lowest BCUT2D eigenvalue weighted by Crippen LogP contribution is -2.23. The zero-order valence-corrected chi connectivity index (χ0v) is 18.2. The van der Waals surface area contributed by atoms with Crippen molar-refractivity contribution in [1.29, 1.82) is 0 Å². The quantitative estimate of drug-likeness (QED) is 0.160. The number of rotatable bonds is 16. The van der Waals surface area contributed by atoms with Crippen molar-refractivity contribution in [3.63, 3.8) is 0 Å². The smallest absolute Gasteiger partial charge is 0.338 e. The normalized spacial score (nSPS) is 22.3. The molecule has 3 unspecified atom stereocenters. The fraction of sp³-hybridized carbons (Fsp3) is 0.947. The molecule has 0 amide bonds. The van der Waals surface area contributed by atoms with Crippen LogP contribution in [0.5, 0.6) is 0 Å². The van der Waals surface area contributed by atoms with E-state index in [1.165, 1.54) is 51.4 Å². The van der Waals surface area contributed by atoms with Crippen molar-refractivity contribution in [2.75, 3.05) is 6.61 Å². The highest BCUT2D eigenvalue weighted by Crippen LogP contribution is 2.33. The zero-order chi connectivity index (χ0) is 17.8. The van der Waals surface area contributed by atoms with Crippen LogP contribution in [0.25, 0.3) is 0 Å². The number of carboxylic acid groups (broad SMARTS) is 1. The number of alkyl halides is 2. The summed E-state index contributed by atoms with van der Waals surface area (Å²) in [6, 6.07) is 0. The minimum Gasteiger partial charge on any atom is -0.479 e. The third-order valence-electron chi connectivity index (χ3n) is 4.92. The van der Waals surface area contributed by atoms with Crippen LogP contribution in [0.2, 0.25) is 0 Å². The van der Waals surface area contributed by atoms with Crippen molar-refractivity contribution in [1.82, 2.24) is 0 Å². The molecule has 1 fully saturated rings. The number of unbranched alkanes of at least 4 members (excludes halogenated alkanes) is 8. The highest BCUT2D eigenvalue weighted by atomic mass is 79.9. The molecule has 3 atom stereocenters. The average Bonchev–Trinajstić information content (AvgIpc) is 3.34. The van der Waals surface area contributed by atoms with Crippen LogP contribution in [0.1, 0.15) is 90.4 Å². The Balaban J connectivity index is 1.94. The highest BCUT2D eigenvalue weighted by Gasteiger charge is 2.51. The van der Waals surface area contributed by atoms with E-state index >= 15 is 0 Å². The van der Waals surface area contributed by atoms with Gasteiger partial charge in [0, 0.05) is 9.65 Å². The molecule has 0 aromatic rings. The molecule has 24 heavy (non-hydrogen) atoms. The molecule has 0 aliphatic carbocycles. The van der Waals surface area contributed by atoms with Gasteiger partial charge in [0.15, 0.2) is 5.60 Å². The molecule has 1 aliphatic rings. The molecule has 0 aromatic carbocycles. The summed E-state index contributed by atoms with van der Waals surface area (Å²) < 4.78 is 5.09. The van der Waals surface area contributed by atoms with E-state index in [9.17, 15) is 4.79 Å². The first-order valence-electron chi connectivity index (χ1n) is 9.67. The first-order chi connectivity index (χ1) is 11.5. The van der Waals surface area contributed by atoms with Gasteiger partial charge in [-0.25, -0.2) is 4.79 Å². The molecule has 1 N–H and O–H groups in total. The summed E-state index contributed by atoms with van der Waals surface area (Å²) in [5.74, 6) is -0.795. The lowest BCUT2D eigenvalue weighted by Gasteiger charge is -2.16. The second-order valence-corrected chi connectivity index (χ2v) is 9.48. The third kappa shape index (κ3) is 9.19. The molecule has 0 aromatic heterocycles. The third-order valence-corrected chi connectivity index (χ3v) is 7.82. The number of carbonyl (C=O) groups is 1. The molecule has 0 radical (unpaired) electrons. The van der Waals surface area contributed by atoms with Crippen molar-refractivity contribution < 1.29 is 14.6 Å². The molecule has 1 heterocycles. The van der Waals surface area contributed by atoms with Gasteiger partial charge in [0.05, 0.1) is 6.61 Å². The Bertz CT molecular complexity index is 346. The van der Waals surface area contributed by atoms with Gasteiger partial charge in [-0.3, -0.25) is 0 Å². The van der Waals surface area contributed by atoms with Crippen LogP contribution in [-0.2, 0) is 9.53 Å². The minimum absolute atomic E-state index is 0.394. The van der Waals surface area contributed by atoms with Crippen LogP contribution in [0.15, 0.2) is 0 Å². The largest absolute Gasteiger partial charge is 0.479 e. The summed E-state index contributed by atoms with van der Waals surface area (Å²) in [6.45, 7) is 2.65. The molecular formula is C19H34Br2O3. The number of hydrogen-bond donors (Lipinski definition) is 1. The maximum Gasteiger partial charge on any atom is 0.338 e. The molecule has 3 nitrogen and oxygen atoms in total. The van der Waals surface area contributed by atoms with Crippen molar-refractivity contribution in [3.05, 3.63) is 0 Å². The maximum atomic E-state index is 11.0. The van der Waals surface area contributed by atoms with Gasteiger partial charge in [-0.2, -0.15) is 0 Å². The molecule has 142 valence electrons. The molecule has 5 heteroatoms. The van der Waals surface area contributed by atoms with Crippen molar-refractivity contribution in [2.45, 2.75) is 106 Å². The van der Waals surface area contributed by atoms with Gasteiger partial charge in [-0.05, 0) is 25.7 Å². The van der Waals surface area contributed by atoms with Crippen LogP contribution in [0, 0.1) is 0 Å². The lowest BCUT2D eigenvalue weighted by molar-refractivity contribution is -0.143. The van der Waals surface area contributed by atoms with Gasteiger partial charge in [0.2, 0.25) is 0 Å². The Morgan fingerprint density at radius 2 is 1.42 bits per heavy atom. The van der Waals surface area contributed by atoms with E-state index in [1.54, 1.807) is 0 Å². The van der Waals surface area contributed by atoms with E-state index in [1.807, 2.05) is 0 Å². The predicted molar refractivity (Wildman–Crippen MR) is 107 cm³/mol. The molecule has 1 saturated heterocycles. The number of hydrogen-bond acceptors (Lipinski definition) is 2. The first-order valence-corrected chi connectivity index (χ1v) is 11.5. The fourth-order valence-corrected chi connectivity index (χ4v) is 4.22. The second-order valence-electron chi connectivity index (χ2n) is 7.13. The molecule has 1 aliphatic heterocycles. The van der Waals surface area contributed by atoms with Crippen LogP contribution in [0.3, 0.4) is 0 Å². The molecule has 1 rings (SSSR count). The summed E-state index contributed by atoms with van der Waals surface area (Å²) in [4.78, 5) is 12.1. The number of aliphatic carboxylic acids is 1. The van der Waals surface area contributed by atoms with Crippen LogP contribution in [0.4, 0.5) is 0 Å². The molecule has 0 spiro atoms. The summed E-state index contributed by atoms with van der Waals surface area (Å²) in [5, 5.41) is 9.05. The van der Waals surface area contributed by atoms with Crippen molar-refractivity contribution >= 4 is 37.8 Å². The zero-order valence-electron chi connectivity index (χ0n) is 15.1. The van der Waals surface area contributed by atoms with Gasteiger partial charge < -0.3 is 9.84 Å². The van der Waals surface area contributed by atoms with E-state index < -0.39 is 11.6 Å². The van der Waals surface area contributed by atoms with Gasteiger partial charge in [0.1, 0.15) is 0 Å². The Morgan fingerprint density at radius 3 is 1.88 bits per heavy atom. The van der Waals surface area contributed by atoms with Gasteiger partial charge in [-0.1, -0.05) is 96.6 Å². The number of carboxylic acids is 1. The maximum absolute atomic E-state index is 11.0. The Labute approximate surface area is 164 Å². The highest BCUT2D eigenvalue weighted by molar-refractivity contribution is 9.12. The lowest BCUT2D eigenvalue weighted by atomic mass is 10.0. The summed E-state index contributed by atoms with van der Waals surface area (Å²) in [6.07, 6.45) is 15.7. The van der Waals surface area contributed by atoms with Crippen molar-refractivity contribution in [3.8, 4) is 0 Å². The Morgan fingerprint density at radius 1 is 0.958 bits per heavy atom. The van der Waals surface area contributed by atoms with Crippen LogP contribution in [-0.4, -0.2) is 32.9 Å². The average molecular weight is 470 g/mol. The monoisotopic (exact) mass is 468 g/mol. The standard InChI is InChI=1S/C19H34Br2O3/c1-2-3-4-5-6-7-9-12-16(20)17(21)13-10-8-11-14-19(15-24-19)18(22)23/h16-17H,2-15H2,1H3,(H,22,23). The van der Waals surface area contributed by atoms with Gasteiger partial charge in [-0.15, -0.1) is 0 Å². The van der Waals surface area contributed by atoms with E-state index in [2.05, 4.69) is 38.8 Å². The molecular weight excluding hydrogens is 436 g/mol. The van der Waals surface area contributed by atoms with Crippen molar-refractivity contribution in [2.24, 2.45) is 0 Å². The van der Waals surface area contributed by atoms with Crippen LogP contribution >= 0.6 is 31.9 Å². The van der Waals surface area contributed by atoms with E-state index in [4.69, 9.17) is 9.84 Å².